The highest BCUT2D eigenvalue weighted by Crippen LogP contribution is 2.38. The van der Waals surface area contributed by atoms with Crippen LogP contribution in [0.5, 0.6) is 0 Å². The lowest BCUT2D eigenvalue weighted by Crippen LogP contribution is -2.10. The molecule has 1 atom stereocenters. The maximum atomic E-state index is 6.14. The minimum absolute atomic E-state index is 0.220. The normalized spacial score (nSPS) is 22.4. The summed E-state index contributed by atoms with van der Waals surface area (Å²) in [5, 5.41) is 1.20. The van der Waals surface area contributed by atoms with Crippen LogP contribution in [0.15, 0.2) is 0 Å². The Labute approximate surface area is 88.5 Å². The van der Waals surface area contributed by atoms with E-state index >= 15 is 0 Å². The molecule has 0 amide bonds. The molecule has 1 saturated carbocycles. The molecule has 14 heavy (non-hydrogen) atoms. The van der Waals surface area contributed by atoms with Crippen molar-refractivity contribution >= 4 is 11.3 Å². The van der Waals surface area contributed by atoms with Crippen molar-refractivity contribution < 1.29 is 0 Å². The van der Waals surface area contributed by atoms with Gasteiger partial charge < -0.3 is 5.73 Å². The molecule has 1 heterocycles. The van der Waals surface area contributed by atoms with Gasteiger partial charge in [0.05, 0.1) is 11.7 Å². The molecule has 0 saturated heterocycles. The van der Waals surface area contributed by atoms with Crippen LogP contribution in [0.2, 0.25) is 0 Å². The Kier molecular flexibility index (Phi) is 2.10. The third-order valence-corrected chi connectivity index (χ3v) is 4.50. The number of thiazole rings is 1. The van der Waals surface area contributed by atoms with Gasteiger partial charge in [-0.05, 0) is 31.6 Å². The van der Waals surface area contributed by atoms with E-state index in [0.29, 0.717) is 0 Å². The van der Waals surface area contributed by atoms with Crippen LogP contribution in [0, 0.1) is 5.92 Å². The van der Waals surface area contributed by atoms with Crippen molar-refractivity contribution in [1.29, 1.82) is 0 Å². The molecule has 1 fully saturated rings. The highest BCUT2D eigenvalue weighted by atomic mass is 32.1. The van der Waals surface area contributed by atoms with E-state index in [0.717, 1.165) is 12.3 Å². The van der Waals surface area contributed by atoms with Crippen molar-refractivity contribution in [2.24, 2.45) is 11.7 Å². The standard InChI is InChI=1S/C11H16N2S/c12-8(6-7-4-5-7)11-13-9-2-1-3-10(9)14-11/h7-8H,1-6,12H2. The molecule has 3 heteroatoms. The Morgan fingerprint density at radius 1 is 1.43 bits per heavy atom. The molecule has 2 aliphatic rings. The van der Waals surface area contributed by atoms with Gasteiger partial charge in [-0.2, -0.15) is 0 Å². The molecule has 1 unspecified atom stereocenters. The zero-order valence-electron chi connectivity index (χ0n) is 8.33. The quantitative estimate of drug-likeness (QED) is 0.828. The average Bonchev–Trinajstić information content (AvgIpc) is 2.73. The molecule has 2 aliphatic carbocycles. The Morgan fingerprint density at radius 3 is 3.00 bits per heavy atom. The summed E-state index contributed by atoms with van der Waals surface area (Å²) in [6, 6.07) is 0.220. The summed E-state index contributed by atoms with van der Waals surface area (Å²) in [6.07, 6.45) is 7.65. The fourth-order valence-corrected chi connectivity index (χ4v) is 3.35. The van der Waals surface area contributed by atoms with E-state index < -0.39 is 0 Å². The predicted octanol–water partition coefficient (Wildman–Crippen LogP) is 2.43. The van der Waals surface area contributed by atoms with E-state index in [4.69, 9.17) is 5.73 Å². The van der Waals surface area contributed by atoms with Crippen LogP contribution >= 0.6 is 11.3 Å². The number of aromatic nitrogens is 1. The molecule has 0 aromatic carbocycles. The van der Waals surface area contributed by atoms with E-state index in [2.05, 4.69) is 4.98 Å². The molecule has 1 aromatic heterocycles. The zero-order chi connectivity index (χ0) is 9.54. The topological polar surface area (TPSA) is 38.9 Å². The van der Waals surface area contributed by atoms with Crippen LogP contribution in [0.4, 0.5) is 0 Å². The number of rotatable bonds is 3. The van der Waals surface area contributed by atoms with Gasteiger partial charge in [0.25, 0.3) is 0 Å². The Hall–Kier alpha value is -0.410. The minimum Gasteiger partial charge on any atom is -0.322 e. The lowest BCUT2D eigenvalue weighted by atomic mass is 10.1. The molecule has 2 nitrogen and oxygen atoms in total. The Morgan fingerprint density at radius 2 is 2.29 bits per heavy atom. The number of nitrogens with two attached hydrogens (primary N) is 1. The third kappa shape index (κ3) is 1.59. The first-order chi connectivity index (χ1) is 6.83. The largest absolute Gasteiger partial charge is 0.322 e. The molecule has 3 rings (SSSR count). The monoisotopic (exact) mass is 208 g/mol. The van der Waals surface area contributed by atoms with Crippen LogP contribution < -0.4 is 5.73 Å². The molecule has 76 valence electrons. The maximum Gasteiger partial charge on any atom is 0.110 e. The second-order valence-corrected chi connectivity index (χ2v) is 5.68. The lowest BCUT2D eigenvalue weighted by Gasteiger charge is -2.06. The SMILES string of the molecule is NC(CC1CC1)c1nc2c(s1)CCC2. The van der Waals surface area contributed by atoms with Crippen molar-refractivity contribution in [3.05, 3.63) is 15.6 Å². The van der Waals surface area contributed by atoms with Gasteiger partial charge in [0.1, 0.15) is 5.01 Å². The lowest BCUT2D eigenvalue weighted by molar-refractivity contribution is 0.592. The van der Waals surface area contributed by atoms with E-state index in [1.807, 2.05) is 11.3 Å². The van der Waals surface area contributed by atoms with Crippen LogP contribution in [0.25, 0.3) is 0 Å². The van der Waals surface area contributed by atoms with E-state index in [9.17, 15) is 0 Å². The van der Waals surface area contributed by atoms with Gasteiger partial charge in [-0.1, -0.05) is 12.8 Å². The molecule has 0 bridgehead atoms. The second-order valence-electron chi connectivity index (χ2n) is 4.56. The fraction of sp³-hybridized carbons (Fsp3) is 0.727. The third-order valence-electron chi connectivity index (χ3n) is 3.21. The van der Waals surface area contributed by atoms with Gasteiger partial charge in [0, 0.05) is 4.88 Å². The van der Waals surface area contributed by atoms with Crippen molar-refractivity contribution in [3.8, 4) is 0 Å². The number of fused-ring (bicyclic) bond motifs is 1. The molecule has 0 spiro atoms. The molecule has 0 aliphatic heterocycles. The van der Waals surface area contributed by atoms with Crippen molar-refractivity contribution in [2.75, 3.05) is 0 Å². The van der Waals surface area contributed by atoms with Crippen LogP contribution in [0.3, 0.4) is 0 Å². The number of hydrogen-bond donors (Lipinski definition) is 1. The van der Waals surface area contributed by atoms with Gasteiger partial charge in [0.2, 0.25) is 0 Å². The first-order valence-corrected chi connectivity index (χ1v) is 6.38. The average molecular weight is 208 g/mol. The summed E-state index contributed by atoms with van der Waals surface area (Å²) in [5.74, 6) is 0.906. The van der Waals surface area contributed by atoms with Crippen molar-refractivity contribution in [3.63, 3.8) is 0 Å². The summed E-state index contributed by atoms with van der Waals surface area (Å²) < 4.78 is 0. The predicted molar refractivity (Wildman–Crippen MR) is 58.4 cm³/mol. The van der Waals surface area contributed by atoms with Gasteiger partial charge >= 0.3 is 0 Å². The minimum atomic E-state index is 0.220. The van der Waals surface area contributed by atoms with Crippen LogP contribution in [-0.4, -0.2) is 4.98 Å². The fourth-order valence-electron chi connectivity index (χ4n) is 2.18. The first-order valence-electron chi connectivity index (χ1n) is 5.57. The first kappa shape index (κ1) is 8.86. The van der Waals surface area contributed by atoms with Crippen molar-refractivity contribution in [2.45, 2.75) is 44.6 Å². The summed E-state index contributed by atoms with van der Waals surface area (Å²) in [5.41, 5.74) is 7.49. The molecule has 2 N–H and O–H groups in total. The number of nitrogens with zero attached hydrogens (tertiary/aromatic N) is 1. The molecule has 1 aromatic rings. The van der Waals surface area contributed by atoms with Gasteiger partial charge in [-0.3, -0.25) is 0 Å². The van der Waals surface area contributed by atoms with Gasteiger partial charge in [0.15, 0.2) is 0 Å². The summed E-state index contributed by atoms with van der Waals surface area (Å²) >= 11 is 1.86. The number of hydrogen-bond acceptors (Lipinski definition) is 3. The highest BCUT2D eigenvalue weighted by Gasteiger charge is 2.27. The highest BCUT2D eigenvalue weighted by molar-refractivity contribution is 7.11. The molecule has 0 radical (unpaired) electrons. The van der Waals surface area contributed by atoms with Gasteiger partial charge in [-0.25, -0.2) is 4.98 Å². The summed E-state index contributed by atoms with van der Waals surface area (Å²) in [7, 11) is 0. The van der Waals surface area contributed by atoms with E-state index in [-0.39, 0.29) is 6.04 Å². The second kappa shape index (κ2) is 3.31. The summed E-state index contributed by atoms with van der Waals surface area (Å²) in [4.78, 5) is 6.17. The summed E-state index contributed by atoms with van der Waals surface area (Å²) in [6.45, 7) is 0. The Balaban J connectivity index is 1.75. The molecular weight excluding hydrogens is 192 g/mol. The van der Waals surface area contributed by atoms with E-state index in [1.165, 1.54) is 47.7 Å². The Bertz CT molecular complexity index is 320. The van der Waals surface area contributed by atoms with Crippen LogP contribution in [-0.2, 0) is 12.8 Å². The number of aryl methyl sites for hydroxylation is 2. The van der Waals surface area contributed by atoms with E-state index in [1.54, 1.807) is 0 Å². The molecular formula is C11H16N2S. The smallest absolute Gasteiger partial charge is 0.110 e. The zero-order valence-corrected chi connectivity index (χ0v) is 9.15. The van der Waals surface area contributed by atoms with Crippen LogP contribution in [0.1, 0.15) is 47.3 Å². The van der Waals surface area contributed by atoms with Gasteiger partial charge in [-0.15, -0.1) is 11.3 Å². The maximum absolute atomic E-state index is 6.14. The van der Waals surface area contributed by atoms with Crippen molar-refractivity contribution in [1.82, 2.24) is 4.98 Å².